The van der Waals surface area contributed by atoms with E-state index in [0.29, 0.717) is 18.1 Å². The zero-order chi connectivity index (χ0) is 33.9. The Morgan fingerprint density at radius 3 is 2.15 bits per heavy atom. The second kappa shape index (κ2) is 13.7. The first kappa shape index (κ1) is 35.4. The lowest BCUT2D eigenvalue weighted by atomic mass is 9.53. The number of urea groups is 1. The Labute approximate surface area is 270 Å². The molecule has 6 rings (SSSR count). The second-order valence-corrected chi connectivity index (χ2v) is 12.8. The monoisotopic (exact) mass is 691 g/mol. The van der Waals surface area contributed by atoms with Gasteiger partial charge in [-0.25, -0.2) is 9.59 Å². The third kappa shape index (κ3) is 7.91. The summed E-state index contributed by atoms with van der Waals surface area (Å²) in [5.41, 5.74) is 0.165. The number of aliphatic carboxylic acids is 1. The number of benzene rings is 2. The Kier molecular flexibility index (Phi) is 10.6. The molecule has 3 aliphatic carbocycles. The van der Waals surface area contributed by atoms with Crippen LogP contribution in [0.15, 0.2) is 47.4 Å². The minimum Gasteiger partial charge on any atom is -0.475 e. The van der Waals surface area contributed by atoms with Crippen LogP contribution in [0.4, 0.5) is 31.1 Å². The van der Waals surface area contributed by atoms with Crippen LogP contribution in [0.2, 0.25) is 5.02 Å². The molecule has 2 bridgehead atoms. The maximum atomic E-state index is 13.6. The summed E-state index contributed by atoms with van der Waals surface area (Å²) in [7, 11) is 1.76. The predicted octanol–water partition coefficient (Wildman–Crippen LogP) is 7.60. The molecule has 1 heterocycles. The Bertz CT molecular complexity index is 1550. The van der Waals surface area contributed by atoms with Gasteiger partial charge in [0.15, 0.2) is 5.82 Å². The molecule has 8 nitrogen and oxygen atoms in total. The number of rotatable bonds is 7. The maximum Gasteiger partial charge on any atom is 0.490 e. The molecule has 2 aromatic carbocycles. The van der Waals surface area contributed by atoms with Crippen LogP contribution in [0.5, 0.6) is 0 Å². The van der Waals surface area contributed by atoms with Crippen molar-refractivity contribution in [3.05, 3.63) is 64.4 Å². The number of alkyl halides is 6. The van der Waals surface area contributed by atoms with Crippen molar-refractivity contribution in [1.82, 2.24) is 25.4 Å². The van der Waals surface area contributed by atoms with Crippen LogP contribution in [0.3, 0.4) is 0 Å². The lowest BCUT2D eigenvalue weighted by molar-refractivity contribution is -0.192. The number of amides is 2. The highest BCUT2D eigenvalue weighted by molar-refractivity contribution is 7.98. The third-order valence-corrected chi connectivity index (χ3v) is 9.83. The molecule has 16 heteroatoms. The largest absolute Gasteiger partial charge is 0.490 e. The summed E-state index contributed by atoms with van der Waals surface area (Å²) in [6.07, 6.45) is -2.22. The van der Waals surface area contributed by atoms with Gasteiger partial charge in [0.25, 0.3) is 0 Å². The lowest BCUT2D eigenvalue weighted by Gasteiger charge is -2.52. The van der Waals surface area contributed by atoms with E-state index in [9.17, 15) is 31.1 Å². The summed E-state index contributed by atoms with van der Waals surface area (Å²) in [6, 6.07) is 10.9. The fourth-order valence-corrected chi connectivity index (χ4v) is 7.07. The van der Waals surface area contributed by atoms with E-state index in [4.69, 9.17) is 21.5 Å². The van der Waals surface area contributed by atoms with E-state index in [-0.39, 0.29) is 28.2 Å². The average Bonchev–Trinajstić information content (AvgIpc) is 3.41. The van der Waals surface area contributed by atoms with Gasteiger partial charge >= 0.3 is 24.4 Å². The molecule has 3 aromatic rings. The smallest absolute Gasteiger partial charge is 0.475 e. The number of nitrogens with zero attached hydrogens (tertiary/aromatic N) is 3. The van der Waals surface area contributed by atoms with Crippen molar-refractivity contribution in [2.75, 3.05) is 12.8 Å². The van der Waals surface area contributed by atoms with Gasteiger partial charge in [-0.3, -0.25) is 0 Å². The van der Waals surface area contributed by atoms with Gasteiger partial charge in [0, 0.05) is 41.0 Å². The molecule has 0 spiro atoms. The molecule has 3 aliphatic rings. The minimum absolute atomic E-state index is 0.0219. The summed E-state index contributed by atoms with van der Waals surface area (Å²) in [4.78, 5) is 22.5. The first-order valence-electron chi connectivity index (χ1n) is 14.2. The number of hydrogen-bond donors (Lipinski definition) is 3. The number of carboxylic acid groups (broad SMARTS) is 1. The van der Waals surface area contributed by atoms with E-state index >= 15 is 0 Å². The SMILES string of the molecule is CSc1cc(Cl)ccc1CNC(=O)NCC12CCC(c3nnc(-c4ccccc4C(F)(F)F)n3C)(CC1)CC2.O=C(O)C(F)(F)F. The van der Waals surface area contributed by atoms with Gasteiger partial charge in [-0.1, -0.05) is 35.9 Å². The number of hydrogen-bond acceptors (Lipinski definition) is 5. The predicted molar refractivity (Wildman–Crippen MR) is 160 cm³/mol. The van der Waals surface area contributed by atoms with Crippen LogP contribution in [0, 0.1) is 5.41 Å². The van der Waals surface area contributed by atoms with Crippen molar-refractivity contribution in [2.45, 2.75) is 67.7 Å². The molecule has 0 atom stereocenters. The molecule has 3 saturated carbocycles. The quantitative estimate of drug-likeness (QED) is 0.174. The topological polar surface area (TPSA) is 109 Å². The van der Waals surface area contributed by atoms with Gasteiger partial charge in [-0.05, 0) is 74.0 Å². The average molecular weight is 692 g/mol. The Balaban J connectivity index is 0.000000617. The first-order valence-corrected chi connectivity index (χ1v) is 15.8. The zero-order valence-corrected chi connectivity index (χ0v) is 26.4. The highest BCUT2D eigenvalue weighted by Gasteiger charge is 2.51. The number of thioether (sulfide) groups is 1. The van der Waals surface area contributed by atoms with Gasteiger partial charge in [0.05, 0.1) is 5.56 Å². The van der Waals surface area contributed by atoms with Gasteiger partial charge in [-0.2, -0.15) is 26.3 Å². The molecule has 0 unspecified atom stereocenters. The number of aromatic nitrogens is 3. The van der Waals surface area contributed by atoms with Gasteiger partial charge in [0.1, 0.15) is 5.82 Å². The van der Waals surface area contributed by atoms with Crippen molar-refractivity contribution < 1.29 is 41.0 Å². The van der Waals surface area contributed by atoms with Crippen molar-refractivity contribution in [3.63, 3.8) is 0 Å². The summed E-state index contributed by atoms with van der Waals surface area (Å²) in [5, 5.41) is 22.5. The van der Waals surface area contributed by atoms with Gasteiger partial charge in [0.2, 0.25) is 0 Å². The number of carbonyl (C=O) groups excluding carboxylic acids is 1. The van der Waals surface area contributed by atoms with E-state index in [1.165, 1.54) is 12.1 Å². The van der Waals surface area contributed by atoms with E-state index in [1.807, 2.05) is 24.5 Å². The summed E-state index contributed by atoms with van der Waals surface area (Å²) in [5.74, 6) is -1.77. The maximum absolute atomic E-state index is 13.6. The van der Waals surface area contributed by atoms with Crippen molar-refractivity contribution in [1.29, 1.82) is 0 Å². The van der Waals surface area contributed by atoms with Crippen LogP contribution in [-0.2, 0) is 30.0 Å². The van der Waals surface area contributed by atoms with Crippen LogP contribution in [0.25, 0.3) is 11.4 Å². The molecule has 1 aromatic heterocycles. The lowest BCUT2D eigenvalue weighted by Crippen LogP contribution is -2.51. The Morgan fingerprint density at radius 2 is 1.59 bits per heavy atom. The number of carbonyl (C=O) groups is 2. The molecular formula is C30H32ClF6N5O3S. The van der Waals surface area contributed by atoms with Crippen molar-refractivity contribution in [3.8, 4) is 11.4 Å². The zero-order valence-electron chi connectivity index (χ0n) is 24.9. The molecule has 250 valence electrons. The van der Waals surface area contributed by atoms with Crippen molar-refractivity contribution >= 4 is 35.4 Å². The number of halogens is 7. The number of carboxylic acids is 1. The molecule has 46 heavy (non-hydrogen) atoms. The van der Waals surface area contributed by atoms with Crippen LogP contribution in [0.1, 0.15) is 55.5 Å². The summed E-state index contributed by atoms with van der Waals surface area (Å²) in [6.45, 7) is 1.01. The van der Waals surface area contributed by atoms with Gasteiger partial charge < -0.3 is 20.3 Å². The van der Waals surface area contributed by atoms with Gasteiger partial charge in [-0.15, -0.1) is 22.0 Å². The highest BCUT2D eigenvalue weighted by atomic mass is 35.5. The second-order valence-electron chi connectivity index (χ2n) is 11.5. The minimum atomic E-state index is -5.08. The molecule has 0 radical (unpaired) electrons. The highest BCUT2D eigenvalue weighted by Crippen LogP contribution is 2.57. The normalized spacial score (nSPS) is 20.9. The molecule has 3 fully saturated rings. The number of fused-ring (bicyclic) bond motifs is 3. The Hall–Kier alpha value is -3.46. The van der Waals surface area contributed by atoms with E-state index in [0.717, 1.165) is 60.9 Å². The molecular weight excluding hydrogens is 660 g/mol. The summed E-state index contributed by atoms with van der Waals surface area (Å²) < 4.78 is 74.4. The summed E-state index contributed by atoms with van der Waals surface area (Å²) >= 11 is 7.66. The molecule has 0 saturated heterocycles. The van der Waals surface area contributed by atoms with Crippen LogP contribution < -0.4 is 10.6 Å². The fraction of sp³-hybridized carbons (Fsp3) is 0.467. The van der Waals surface area contributed by atoms with Crippen molar-refractivity contribution in [2.24, 2.45) is 12.5 Å². The Morgan fingerprint density at radius 1 is 0.978 bits per heavy atom. The fourth-order valence-electron chi connectivity index (χ4n) is 6.18. The molecule has 3 N–H and O–H groups in total. The first-order chi connectivity index (χ1) is 21.5. The van der Waals surface area contributed by atoms with E-state index < -0.39 is 23.9 Å². The van der Waals surface area contributed by atoms with E-state index in [1.54, 1.807) is 29.4 Å². The van der Waals surface area contributed by atoms with Crippen LogP contribution >= 0.6 is 23.4 Å². The number of nitrogens with one attached hydrogen (secondary N) is 2. The third-order valence-electron chi connectivity index (χ3n) is 8.78. The standard InChI is InChI=1S/C28H31ClF3N5OS.C2HF3O2/c1-37-23(20-5-3-4-6-21(20)28(30,31)32)35-36-24(37)27-12-9-26(10-13-27,11-14-27)17-34-25(38)33-16-18-7-8-19(29)15-22(18)39-2;3-2(4,5)1(6)7/h3-8,15H,9-14,16-17H2,1-2H3,(H2,33,34,38);(H,6,7). The van der Waals surface area contributed by atoms with E-state index in [2.05, 4.69) is 20.8 Å². The molecule has 2 amide bonds. The molecule has 0 aliphatic heterocycles. The van der Waals surface area contributed by atoms with Crippen LogP contribution in [-0.4, -0.2) is 50.8 Å².